The van der Waals surface area contributed by atoms with Crippen LogP contribution in [0.5, 0.6) is 0 Å². The van der Waals surface area contributed by atoms with Gasteiger partial charge in [-0.25, -0.2) is 4.98 Å². The number of furan rings is 1. The second-order valence-electron chi connectivity index (χ2n) is 17.1. The second kappa shape index (κ2) is 17.5. The predicted molar refractivity (Wildman–Crippen MR) is 242 cm³/mol. The van der Waals surface area contributed by atoms with E-state index in [9.17, 15) is 1.37 Å². The largest absolute Gasteiger partial charge is 0.437 e. The molecule has 3 aromatic carbocycles. The summed E-state index contributed by atoms with van der Waals surface area (Å²) in [5.41, 5.74) is 13.4. The minimum Gasteiger partial charge on any atom is -0.437 e. The summed E-state index contributed by atoms with van der Waals surface area (Å²) in [6, 6.07) is 42.2. The van der Waals surface area contributed by atoms with Crippen molar-refractivity contribution in [2.75, 3.05) is 0 Å². The Labute approximate surface area is 350 Å². The maximum Gasteiger partial charge on any atom is 0.227 e. The van der Waals surface area contributed by atoms with E-state index < -0.39 is 5.89 Å². The summed E-state index contributed by atoms with van der Waals surface area (Å²) in [6.07, 6.45) is 16.4. The van der Waals surface area contributed by atoms with Crippen molar-refractivity contribution in [3.8, 4) is 33.8 Å². The molecular weight excluding hydrogens is 721 g/mol. The Morgan fingerprint density at radius 1 is 0.593 bits per heavy atom. The molecule has 59 heavy (non-hydrogen) atoms. The standard InChI is InChI=1S/C54H54N4O/c1-36(2)49-32-52(48-16-10-15-46-47-26-17-37(3)58-54(47)59-53(46)48)57-35-45(49)25-22-42-30-40(20-18-38-23-27-50(55-33-38)43-11-6-4-7-12-43)29-41(31-42)21-19-39-24-28-51(56-34-39)44-13-8-5-9-14-44/h4-17,23-24,26-28,32-36,40-42H,18-22,25,29-31H2,1-3H3/i36D. The number of nitrogens with zero attached hydrogens (tertiary/aromatic N) is 4. The van der Waals surface area contributed by atoms with E-state index in [1.807, 2.05) is 45.2 Å². The smallest absolute Gasteiger partial charge is 0.227 e. The number of hydrogen-bond donors (Lipinski definition) is 0. The molecule has 296 valence electrons. The van der Waals surface area contributed by atoms with E-state index in [0.717, 1.165) is 87.1 Å². The van der Waals surface area contributed by atoms with Gasteiger partial charge in [0, 0.05) is 53.1 Å². The molecule has 0 amide bonds. The normalized spacial score (nSPS) is 17.3. The van der Waals surface area contributed by atoms with Gasteiger partial charge in [0.1, 0.15) is 5.58 Å². The highest BCUT2D eigenvalue weighted by molar-refractivity contribution is 6.08. The minimum absolute atomic E-state index is 0.618. The number of rotatable bonds is 13. The Hall–Kier alpha value is -5.94. The van der Waals surface area contributed by atoms with Gasteiger partial charge in [-0.15, -0.1) is 0 Å². The van der Waals surface area contributed by atoms with Crippen LogP contribution >= 0.6 is 0 Å². The van der Waals surface area contributed by atoms with Gasteiger partial charge < -0.3 is 4.42 Å². The van der Waals surface area contributed by atoms with Crippen molar-refractivity contribution in [3.63, 3.8) is 0 Å². The van der Waals surface area contributed by atoms with Crippen LogP contribution in [0.4, 0.5) is 0 Å². The van der Waals surface area contributed by atoms with E-state index in [4.69, 9.17) is 19.4 Å². The molecule has 1 fully saturated rings. The molecule has 1 aliphatic carbocycles. The molecule has 5 heterocycles. The van der Waals surface area contributed by atoms with Crippen molar-refractivity contribution in [1.29, 1.82) is 0 Å². The molecule has 0 radical (unpaired) electrons. The first-order valence-electron chi connectivity index (χ1n) is 22.0. The molecule has 0 N–H and O–H groups in total. The van der Waals surface area contributed by atoms with Gasteiger partial charge in [-0.2, -0.15) is 0 Å². The third kappa shape index (κ3) is 8.90. The summed E-state index contributed by atoms with van der Waals surface area (Å²) >= 11 is 0. The molecule has 9 rings (SSSR count). The van der Waals surface area contributed by atoms with Crippen LogP contribution in [0.15, 0.2) is 144 Å². The summed E-state index contributed by atoms with van der Waals surface area (Å²) in [7, 11) is 0. The first-order valence-corrected chi connectivity index (χ1v) is 21.5. The van der Waals surface area contributed by atoms with Crippen LogP contribution in [0.2, 0.25) is 0 Å². The average Bonchev–Trinajstić information content (AvgIpc) is 3.65. The first-order chi connectivity index (χ1) is 29.2. The van der Waals surface area contributed by atoms with Gasteiger partial charge in [0.2, 0.25) is 5.71 Å². The van der Waals surface area contributed by atoms with Gasteiger partial charge in [-0.05, 0) is 147 Å². The number of fused-ring (bicyclic) bond motifs is 3. The quantitative estimate of drug-likeness (QED) is 0.117. The van der Waals surface area contributed by atoms with Gasteiger partial charge in [0.25, 0.3) is 0 Å². The number of hydrogen-bond acceptors (Lipinski definition) is 5. The third-order valence-electron chi connectivity index (χ3n) is 12.6. The van der Waals surface area contributed by atoms with Crippen molar-refractivity contribution in [1.82, 2.24) is 19.9 Å². The van der Waals surface area contributed by atoms with Crippen molar-refractivity contribution in [3.05, 3.63) is 168 Å². The Bertz CT molecular complexity index is 2590. The van der Waals surface area contributed by atoms with E-state index in [0.29, 0.717) is 23.5 Å². The van der Waals surface area contributed by atoms with E-state index in [-0.39, 0.29) is 0 Å². The Morgan fingerprint density at radius 2 is 1.17 bits per heavy atom. The Kier molecular flexibility index (Phi) is 11.1. The van der Waals surface area contributed by atoms with Gasteiger partial charge in [0.15, 0.2) is 0 Å². The zero-order valence-corrected chi connectivity index (χ0v) is 34.6. The van der Waals surface area contributed by atoms with Crippen LogP contribution in [0, 0.1) is 24.7 Å². The third-order valence-corrected chi connectivity index (χ3v) is 12.6. The predicted octanol–water partition coefficient (Wildman–Crippen LogP) is 13.8. The molecule has 1 aliphatic rings. The van der Waals surface area contributed by atoms with Crippen molar-refractivity contribution < 1.29 is 5.79 Å². The fourth-order valence-corrected chi connectivity index (χ4v) is 9.48. The van der Waals surface area contributed by atoms with E-state index in [1.165, 1.54) is 48.8 Å². The molecule has 2 atom stereocenters. The van der Waals surface area contributed by atoms with Crippen LogP contribution in [0.3, 0.4) is 0 Å². The van der Waals surface area contributed by atoms with E-state index in [1.54, 1.807) is 0 Å². The van der Waals surface area contributed by atoms with Crippen molar-refractivity contribution in [2.24, 2.45) is 17.8 Å². The summed E-state index contributed by atoms with van der Waals surface area (Å²) < 4.78 is 15.6. The fourth-order valence-electron chi connectivity index (χ4n) is 9.48. The Morgan fingerprint density at radius 3 is 1.73 bits per heavy atom. The lowest BCUT2D eigenvalue weighted by Crippen LogP contribution is -2.24. The maximum atomic E-state index is 9.26. The summed E-state index contributed by atoms with van der Waals surface area (Å²) in [6.45, 7) is 5.98. The van der Waals surface area contributed by atoms with Gasteiger partial charge >= 0.3 is 0 Å². The molecule has 0 aliphatic heterocycles. The zero-order chi connectivity index (χ0) is 41.1. The SMILES string of the molecule is [2H]C(C)(C)c1cc(-c2cccc3c2oc2nc(C)ccc23)ncc1CCC1CC(CCc2ccc(-c3ccccc3)nc2)CC(CCc2ccc(-c3ccccc3)nc2)C1. The zero-order valence-electron chi connectivity index (χ0n) is 35.6. The van der Waals surface area contributed by atoms with Gasteiger partial charge in [0.05, 0.1) is 17.1 Å². The lowest BCUT2D eigenvalue weighted by molar-refractivity contribution is 0.172. The summed E-state index contributed by atoms with van der Waals surface area (Å²) in [5.74, 6) is 1.17. The number of aromatic nitrogens is 4. The first kappa shape index (κ1) is 37.3. The van der Waals surface area contributed by atoms with Crippen LogP contribution in [0.1, 0.15) is 87.6 Å². The number of para-hydroxylation sites is 1. The number of benzene rings is 3. The number of aryl methyl sites for hydroxylation is 4. The Balaban J connectivity index is 0.919. The van der Waals surface area contributed by atoms with Crippen LogP contribution < -0.4 is 0 Å². The summed E-state index contributed by atoms with van der Waals surface area (Å²) in [4.78, 5) is 19.4. The molecule has 0 bridgehead atoms. The molecule has 2 unspecified atom stereocenters. The van der Waals surface area contributed by atoms with Gasteiger partial charge in [-0.3, -0.25) is 15.0 Å². The average molecular weight is 776 g/mol. The minimum atomic E-state index is -0.778. The monoisotopic (exact) mass is 775 g/mol. The van der Waals surface area contributed by atoms with Crippen molar-refractivity contribution >= 4 is 22.1 Å². The van der Waals surface area contributed by atoms with Gasteiger partial charge in [-0.1, -0.05) is 98.8 Å². The highest BCUT2D eigenvalue weighted by Gasteiger charge is 2.29. The molecule has 8 aromatic rings. The second-order valence-corrected chi connectivity index (χ2v) is 17.1. The molecule has 5 nitrogen and oxygen atoms in total. The molecule has 5 heteroatoms. The van der Waals surface area contributed by atoms with Crippen LogP contribution in [0.25, 0.3) is 55.8 Å². The summed E-state index contributed by atoms with van der Waals surface area (Å²) in [5, 5.41) is 2.05. The van der Waals surface area contributed by atoms with E-state index >= 15 is 0 Å². The molecule has 0 saturated heterocycles. The lowest BCUT2D eigenvalue weighted by atomic mass is 9.70. The lowest BCUT2D eigenvalue weighted by Gasteiger charge is -2.35. The highest BCUT2D eigenvalue weighted by atomic mass is 16.3. The van der Waals surface area contributed by atoms with Crippen molar-refractivity contribution in [2.45, 2.75) is 84.5 Å². The fraction of sp³-hybridized carbons (Fsp3) is 0.296. The van der Waals surface area contributed by atoms with E-state index in [2.05, 4.69) is 121 Å². The number of pyridine rings is 4. The molecule has 0 spiro atoms. The highest BCUT2D eigenvalue weighted by Crippen LogP contribution is 2.41. The van der Waals surface area contributed by atoms with Crippen LogP contribution in [-0.4, -0.2) is 19.9 Å². The maximum absolute atomic E-state index is 9.26. The molecule has 1 saturated carbocycles. The topological polar surface area (TPSA) is 64.7 Å². The molecule has 5 aromatic heterocycles. The van der Waals surface area contributed by atoms with Crippen LogP contribution in [-0.2, 0) is 19.3 Å². The molecular formula is C54H54N4O.